The minimum atomic E-state index is -3.02. The zero-order valence-corrected chi connectivity index (χ0v) is 17.2. The first kappa shape index (κ1) is 21.7. The van der Waals surface area contributed by atoms with E-state index in [1.807, 2.05) is 13.8 Å². The highest BCUT2D eigenvalue weighted by Crippen LogP contribution is 2.32. The number of hydrogen-bond donors (Lipinski definition) is 0. The molecule has 0 saturated heterocycles. The van der Waals surface area contributed by atoms with Crippen LogP contribution in [0, 0.1) is 20.8 Å². The van der Waals surface area contributed by atoms with Crippen LogP contribution in [-0.2, 0) is 24.9 Å². The highest BCUT2D eigenvalue weighted by Gasteiger charge is 2.24. The van der Waals surface area contributed by atoms with Gasteiger partial charge >= 0.3 is 0 Å². The van der Waals surface area contributed by atoms with Crippen molar-refractivity contribution in [2.75, 3.05) is 7.05 Å². The SMILES string of the molecule is Cc1nn(C)c(C)c1CN(C)C(=O)Cn1nc(C)c2c(C(F)F)cc(C(F)F)nc21. The Hall–Kier alpha value is -2.98. The van der Waals surface area contributed by atoms with Gasteiger partial charge in [-0.15, -0.1) is 0 Å². The topological polar surface area (TPSA) is 68.8 Å². The quantitative estimate of drug-likeness (QED) is 0.565. The molecule has 0 spiro atoms. The normalized spacial score (nSPS) is 11.8. The summed E-state index contributed by atoms with van der Waals surface area (Å²) >= 11 is 0. The lowest BCUT2D eigenvalue weighted by atomic mass is 10.1. The van der Waals surface area contributed by atoms with Crippen molar-refractivity contribution in [1.29, 1.82) is 0 Å². The third-order valence-corrected chi connectivity index (χ3v) is 5.15. The fraction of sp³-hybridized carbons (Fsp3) is 0.474. The predicted octanol–water partition coefficient (Wildman–Crippen LogP) is 3.62. The van der Waals surface area contributed by atoms with E-state index in [4.69, 9.17) is 0 Å². The first-order valence-corrected chi connectivity index (χ1v) is 9.18. The fourth-order valence-corrected chi connectivity index (χ4v) is 3.42. The van der Waals surface area contributed by atoms with E-state index in [-0.39, 0.29) is 29.2 Å². The summed E-state index contributed by atoms with van der Waals surface area (Å²) in [4.78, 5) is 18.0. The average Bonchev–Trinajstić information content (AvgIpc) is 3.11. The Bertz CT molecular complexity index is 1100. The number of rotatable bonds is 6. The van der Waals surface area contributed by atoms with Crippen molar-refractivity contribution >= 4 is 16.9 Å². The Labute approximate surface area is 170 Å². The Kier molecular flexibility index (Phi) is 5.82. The van der Waals surface area contributed by atoms with Crippen LogP contribution in [0.4, 0.5) is 17.6 Å². The first-order chi connectivity index (χ1) is 14.0. The number of nitrogens with zero attached hydrogens (tertiary/aromatic N) is 6. The molecule has 1 amide bonds. The fourth-order valence-electron chi connectivity index (χ4n) is 3.42. The Morgan fingerprint density at radius 3 is 2.30 bits per heavy atom. The number of amides is 1. The molecule has 0 aliphatic rings. The molecule has 0 unspecified atom stereocenters. The second-order valence-electron chi connectivity index (χ2n) is 7.20. The van der Waals surface area contributed by atoms with E-state index >= 15 is 0 Å². The monoisotopic (exact) mass is 426 g/mol. The van der Waals surface area contributed by atoms with Gasteiger partial charge in [-0.05, 0) is 26.8 Å². The minimum absolute atomic E-state index is 0.0104. The van der Waals surface area contributed by atoms with E-state index in [2.05, 4.69) is 15.2 Å². The van der Waals surface area contributed by atoms with Crippen LogP contribution in [0.2, 0.25) is 0 Å². The molecule has 0 atom stereocenters. The van der Waals surface area contributed by atoms with Crippen LogP contribution >= 0.6 is 0 Å². The molecule has 0 bridgehead atoms. The lowest BCUT2D eigenvalue weighted by molar-refractivity contribution is -0.131. The number of pyridine rings is 1. The number of carbonyl (C=O) groups excluding carboxylic acids is 1. The largest absolute Gasteiger partial charge is 0.340 e. The van der Waals surface area contributed by atoms with E-state index < -0.39 is 24.1 Å². The zero-order chi connectivity index (χ0) is 22.3. The lowest BCUT2D eigenvalue weighted by Crippen LogP contribution is -2.30. The van der Waals surface area contributed by atoms with Crippen LogP contribution in [0.3, 0.4) is 0 Å². The van der Waals surface area contributed by atoms with Gasteiger partial charge in [-0.2, -0.15) is 10.2 Å². The third-order valence-electron chi connectivity index (χ3n) is 5.15. The van der Waals surface area contributed by atoms with Crippen LogP contribution in [0.1, 0.15) is 46.8 Å². The molecule has 0 saturated carbocycles. The van der Waals surface area contributed by atoms with E-state index in [1.165, 1.54) is 11.8 Å². The summed E-state index contributed by atoms with van der Waals surface area (Å²) < 4.78 is 56.0. The van der Waals surface area contributed by atoms with Gasteiger partial charge in [0.05, 0.1) is 16.8 Å². The number of fused-ring (bicyclic) bond motifs is 1. The van der Waals surface area contributed by atoms with Crippen LogP contribution in [0.5, 0.6) is 0 Å². The van der Waals surface area contributed by atoms with Crippen molar-refractivity contribution in [3.63, 3.8) is 0 Å². The Balaban J connectivity index is 1.94. The van der Waals surface area contributed by atoms with Gasteiger partial charge in [-0.3, -0.25) is 9.48 Å². The summed E-state index contributed by atoms with van der Waals surface area (Å²) in [7, 11) is 3.40. The molecule has 0 aromatic carbocycles. The van der Waals surface area contributed by atoms with Crippen molar-refractivity contribution in [3.05, 3.63) is 40.0 Å². The van der Waals surface area contributed by atoms with Crippen LogP contribution in [-0.4, -0.2) is 42.4 Å². The van der Waals surface area contributed by atoms with Gasteiger partial charge in [0, 0.05) is 37.5 Å². The average molecular weight is 426 g/mol. The standard InChI is InChI=1S/C19H22F4N6O/c1-9-13(11(3)28(5)25-9)7-27(4)15(30)8-29-19-16(10(2)26-29)12(17(20)21)6-14(24-19)18(22)23/h6,17-18H,7-8H2,1-5H3. The van der Waals surface area contributed by atoms with E-state index in [0.717, 1.165) is 21.6 Å². The van der Waals surface area contributed by atoms with Gasteiger partial charge in [0.2, 0.25) is 5.91 Å². The first-order valence-electron chi connectivity index (χ1n) is 9.18. The van der Waals surface area contributed by atoms with Crippen molar-refractivity contribution in [1.82, 2.24) is 29.4 Å². The number of aryl methyl sites for hydroxylation is 3. The summed E-state index contributed by atoms with van der Waals surface area (Å²) in [6, 6.07) is 0.693. The van der Waals surface area contributed by atoms with Crippen molar-refractivity contribution < 1.29 is 22.4 Å². The molecule has 0 aliphatic carbocycles. The number of halogens is 4. The van der Waals surface area contributed by atoms with Gasteiger partial charge in [0.15, 0.2) is 5.65 Å². The maximum absolute atomic E-state index is 13.4. The number of aromatic nitrogens is 5. The molecular weight excluding hydrogens is 404 g/mol. The second-order valence-corrected chi connectivity index (χ2v) is 7.20. The smallest absolute Gasteiger partial charge is 0.280 e. The minimum Gasteiger partial charge on any atom is -0.340 e. The van der Waals surface area contributed by atoms with Gasteiger partial charge in [0.1, 0.15) is 12.2 Å². The maximum Gasteiger partial charge on any atom is 0.280 e. The van der Waals surface area contributed by atoms with E-state index in [1.54, 1.807) is 18.8 Å². The van der Waals surface area contributed by atoms with Crippen LogP contribution in [0.25, 0.3) is 11.0 Å². The number of alkyl halides is 4. The van der Waals surface area contributed by atoms with E-state index in [9.17, 15) is 22.4 Å². The molecule has 3 aromatic heterocycles. The molecule has 11 heteroatoms. The van der Waals surface area contributed by atoms with Crippen LogP contribution < -0.4 is 0 Å². The Morgan fingerprint density at radius 2 is 1.77 bits per heavy atom. The molecule has 0 N–H and O–H groups in total. The van der Waals surface area contributed by atoms with E-state index in [0.29, 0.717) is 12.6 Å². The molecule has 0 aliphatic heterocycles. The third kappa shape index (κ3) is 3.88. The molecule has 3 aromatic rings. The lowest BCUT2D eigenvalue weighted by Gasteiger charge is -2.18. The summed E-state index contributed by atoms with van der Waals surface area (Å²) in [6.45, 7) is 5.18. The molecular formula is C19H22F4N6O. The summed E-state index contributed by atoms with van der Waals surface area (Å²) in [5.74, 6) is -0.370. The highest BCUT2D eigenvalue weighted by molar-refractivity contribution is 5.84. The molecule has 30 heavy (non-hydrogen) atoms. The molecule has 0 radical (unpaired) electrons. The van der Waals surface area contributed by atoms with Gasteiger partial charge in [0.25, 0.3) is 12.9 Å². The predicted molar refractivity (Wildman–Crippen MR) is 101 cm³/mol. The van der Waals surface area contributed by atoms with Gasteiger partial charge in [-0.1, -0.05) is 0 Å². The van der Waals surface area contributed by atoms with Crippen LogP contribution in [0.15, 0.2) is 6.07 Å². The van der Waals surface area contributed by atoms with Crippen molar-refractivity contribution in [2.24, 2.45) is 7.05 Å². The molecule has 3 heterocycles. The summed E-state index contributed by atoms with van der Waals surface area (Å²) in [6.07, 6.45) is -6.00. The van der Waals surface area contributed by atoms with Crippen molar-refractivity contribution in [3.8, 4) is 0 Å². The number of hydrogen-bond acceptors (Lipinski definition) is 4. The maximum atomic E-state index is 13.4. The molecule has 162 valence electrons. The molecule has 3 rings (SSSR count). The van der Waals surface area contributed by atoms with Gasteiger partial charge < -0.3 is 4.90 Å². The zero-order valence-electron chi connectivity index (χ0n) is 17.2. The van der Waals surface area contributed by atoms with Crippen molar-refractivity contribution in [2.45, 2.75) is 46.7 Å². The molecule has 7 nitrogen and oxygen atoms in total. The number of likely N-dealkylation sites (N-methyl/N-ethyl adjacent to an activating group) is 1. The highest BCUT2D eigenvalue weighted by atomic mass is 19.3. The van der Waals surface area contributed by atoms with Gasteiger partial charge in [-0.25, -0.2) is 27.2 Å². The molecule has 0 fully saturated rings. The summed E-state index contributed by atoms with van der Waals surface area (Å²) in [5.41, 5.74) is 1.30. The number of carbonyl (C=O) groups is 1. The second kappa shape index (κ2) is 8.04. The summed E-state index contributed by atoms with van der Waals surface area (Å²) in [5, 5.41) is 8.42. The Morgan fingerprint density at radius 1 is 1.10 bits per heavy atom.